The number of carbonyl (C=O) groups is 2. The van der Waals surface area contributed by atoms with Crippen LogP contribution in [0.15, 0.2) is 77.3 Å². The number of para-hydroxylation sites is 1. The molecule has 0 unspecified atom stereocenters. The highest BCUT2D eigenvalue weighted by atomic mass is 79.9. The van der Waals surface area contributed by atoms with Gasteiger partial charge in [0.05, 0.1) is 11.3 Å². The molecule has 1 amide bonds. The summed E-state index contributed by atoms with van der Waals surface area (Å²) in [6.07, 6.45) is -4.69. The van der Waals surface area contributed by atoms with Gasteiger partial charge in [0.2, 0.25) is 0 Å². The van der Waals surface area contributed by atoms with E-state index >= 15 is 0 Å². The molecule has 3 aromatic rings. The van der Waals surface area contributed by atoms with E-state index in [0.29, 0.717) is 11.3 Å². The number of rotatable bonds is 5. The average Bonchev–Trinajstić information content (AvgIpc) is 2.68. The summed E-state index contributed by atoms with van der Waals surface area (Å²) in [5, 5.41) is 2.69. The van der Waals surface area contributed by atoms with Crippen molar-refractivity contribution in [2.24, 2.45) is 0 Å². The second-order valence-electron chi connectivity index (χ2n) is 6.30. The maximum atomic E-state index is 12.9. The number of benzene rings is 3. The number of ketones is 1. The fraction of sp³-hybridized carbons (Fsp3) is 0.0909. The predicted molar refractivity (Wildman–Crippen MR) is 108 cm³/mol. The van der Waals surface area contributed by atoms with E-state index in [1.807, 2.05) is 0 Å². The molecule has 3 rings (SSSR count). The Hall–Kier alpha value is -2.93. The van der Waals surface area contributed by atoms with Crippen molar-refractivity contribution in [3.63, 3.8) is 0 Å². The summed E-state index contributed by atoms with van der Waals surface area (Å²) in [5.41, 5.74) is 0.389. The van der Waals surface area contributed by atoms with Crippen molar-refractivity contribution < 1.29 is 22.8 Å². The molecule has 0 aromatic heterocycles. The van der Waals surface area contributed by atoms with Crippen molar-refractivity contribution in [2.75, 3.05) is 5.32 Å². The van der Waals surface area contributed by atoms with Crippen LogP contribution in [-0.2, 0) is 12.6 Å². The second kappa shape index (κ2) is 8.61. The van der Waals surface area contributed by atoms with Gasteiger partial charge in [-0.2, -0.15) is 13.2 Å². The van der Waals surface area contributed by atoms with Crippen molar-refractivity contribution in [3.05, 3.63) is 99.5 Å². The number of alkyl halides is 3. The second-order valence-corrected chi connectivity index (χ2v) is 7.22. The molecule has 0 aliphatic heterocycles. The number of amides is 1. The molecule has 0 saturated heterocycles. The fourth-order valence-corrected chi connectivity index (χ4v) is 3.03. The van der Waals surface area contributed by atoms with E-state index in [1.165, 1.54) is 18.2 Å². The van der Waals surface area contributed by atoms with Crippen molar-refractivity contribution in [1.29, 1.82) is 0 Å². The molecule has 0 aliphatic rings. The molecule has 1 N–H and O–H groups in total. The third-order valence-corrected chi connectivity index (χ3v) is 4.73. The van der Waals surface area contributed by atoms with E-state index in [2.05, 4.69) is 21.2 Å². The molecule has 7 heteroatoms. The van der Waals surface area contributed by atoms with Gasteiger partial charge < -0.3 is 5.32 Å². The molecule has 0 bridgehead atoms. The van der Waals surface area contributed by atoms with E-state index in [1.54, 1.807) is 42.5 Å². The zero-order valence-corrected chi connectivity index (χ0v) is 16.5. The minimum Gasteiger partial charge on any atom is -0.321 e. The SMILES string of the molecule is O=C(Nc1ccccc1C(=O)Cc1cccc(C(F)(F)F)c1)c1ccc(Br)cc1. The molecule has 3 nitrogen and oxygen atoms in total. The number of halogens is 4. The minimum absolute atomic E-state index is 0.213. The van der Waals surface area contributed by atoms with Crippen molar-refractivity contribution in [1.82, 2.24) is 0 Å². The van der Waals surface area contributed by atoms with Crippen LogP contribution in [0.4, 0.5) is 18.9 Å². The van der Waals surface area contributed by atoms with Gasteiger partial charge in [-0.05, 0) is 48.0 Å². The lowest BCUT2D eigenvalue weighted by atomic mass is 10.00. The third-order valence-electron chi connectivity index (χ3n) is 4.20. The van der Waals surface area contributed by atoms with Gasteiger partial charge in [0, 0.05) is 22.0 Å². The molecule has 0 fully saturated rings. The molecule has 0 saturated carbocycles. The first-order chi connectivity index (χ1) is 13.7. The summed E-state index contributed by atoms with van der Waals surface area (Å²) in [7, 11) is 0. The molecule has 148 valence electrons. The molecule has 0 atom stereocenters. The highest BCUT2D eigenvalue weighted by Gasteiger charge is 2.30. The molecule has 0 heterocycles. The standard InChI is InChI=1S/C22H15BrF3NO2/c23-17-10-8-15(9-11-17)21(29)27-19-7-2-1-6-18(19)20(28)13-14-4-3-5-16(12-14)22(24,25)26/h1-12H,13H2,(H,27,29). The van der Waals surface area contributed by atoms with Crippen LogP contribution in [0.25, 0.3) is 0 Å². The first-order valence-electron chi connectivity index (χ1n) is 8.59. The van der Waals surface area contributed by atoms with Gasteiger partial charge in [-0.25, -0.2) is 0 Å². The zero-order valence-electron chi connectivity index (χ0n) is 15.0. The topological polar surface area (TPSA) is 46.2 Å². The Morgan fingerprint density at radius 3 is 2.28 bits per heavy atom. The quantitative estimate of drug-likeness (QED) is 0.463. The van der Waals surface area contributed by atoms with Gasteiger partial charge in [-0.1, -0.05) is 46.3 Å². The molecule has 0 radical (unpaired) electrons. The van der Waals surface area contributed by atoms with Gasteiger partial charge >= 0.3 is 6.18 Å². The highest BCUT2D eigenvalue weighted by Crippen LogP contribution is 2.30. The first kappa shape index (κ1) is 20.8. The van der Waals surface area contributed by atoms with Crippen molar-refractivity contribution >= 4 is 33.3 Å². The molecule has 0 spiro atoms. The van der Waals surface area contributed by atoms with Gasteiger partial charge in [-0.15, -0.1) is 0 Å². The van der Waals surface area contributed by atoms with Gasteiger partial charge in [-0.3, -0.25) is 9.59 Å². The monoisotopic (exact) mass is 461 g/mol. The lowest BCUT2D eigenvalue weighted by molar-refractivity contribution is -0.137. The van der Waals surface area contributed by atoms with Crippen LogP contribution in [-0.4, -0.2) is 11.7 Å². The Morgan fingerprint density at radius 1 is 0.897 bits per heavy atom. The number of carbonyl (C=O) groups excluding carboxylic acids is 2. The Bertz CT molecular complexity index is 1050. The van der Waals surface area contributed by atoms with Crippen LogP contribution in [0.3, 0.4) is 0 Å². The normalized spacial score (nSPS) is 11.2. The van der Waals surface area contributed by atoms with Crippen LogP contribution in [0.2, 0.25) is 0 Å². The van der Waals surface area contributed by atoms with Crippen molar-refractivity contribution in [3.8, 4) is 0 Å². The molecule has 29 heavy (non-hydrogen) atoms. The Kier molecular flexibility index (Phi) is 6.17. The van der Waals surface area contributed by atoms with Crippen molar-refractivity contribution in [2.45, 2.75) is 12.6 Å². The highest BCUT2D eigenvalue weighted by molar-refractivity contribution is 9.10. The molecular formula is C22H15BrF3NO2. The van der Waals surface area contributed by atoms with Crippen LogP contribution in [0.5, 0.6) is 0 Å². The zero-order chi connectivity index (χ0) is 21.0. The number of hydrogen-bond donors (Lipinski definition) is 1. The number of Topliss-reactive ketones (excluding diaryl/α,β-unsaturated/α-hetero) is 1. The van der Waals surface area contributed by atoms with E-state index in [0.717, 1.165) is 16.6 Å². The predicted octanol–water partition coefficient (Wildman–Crippen LogP) is 6.15. The summed E-state index contributed by atoms with van der Waals surface area (Å²) in [5.74, 6) is -0.784. The van der Waals surface area contributed by atoms with Crippen LogP contribution in [0.1, 0.15) is 31.8 Å². The van der Waals surface area contributed by atoms with Gasteiger partial charge in [0.25, 0.3) is 5.91 Å². The summed E-state index contributed by atoms with van der Waals surface area (Å²) < 4.78 is 39.5. The Labute approximate surface area is 173 Å². The molecule has 3 aromatic carbocycles. The summed E-state index contributed by atoms with van der Waals surface area (Å²) >= 11 is 3.29. The van der Waals surface area contributed by atoms with E-state index in [9.17, 15) is 22.8 Å². The number of anilines is 1. The van der Waals surface area contributed by atoms with Gasteiger partial charge in [0.1, 0.15) is 0 Å². The smallest absolute Gasteiger partial charge is 0.321 e. The van der Waals surface area contributed by atoms with E-state index < -0.39 is 23.4 Å². The van der Waals surface area contributed by atoms with Crippen LogP contribution >= 0.6 is 15.9 Å². The summed E-state index contributed by atoms with van der Waals surface area (Å²) in [6, 6.07) is 17.8. The minimum atomic E-state index is -4.48. The Morgan fingerprint density at radius 2 is 1.59 bits per heavy atom. The maximum Gasteiger partial charge on any atom is 0.416 e. The van der Waals surface area contributed by atoms with Crippen LogP contribution < -0.4 is 5.32 Å². The number of nitrogens with one attached hydrogen (secondary N) is 1. The van der Waals surface area contributed by atoms with E-state index in [-0.39, 0.29) is 17.5 Å². The first-order valence-corrected chi connectivity index (χ1v) is 9.38. The maximum absolute atomic E-state index is 12.9. The lowest BCUT2D eigenvalue weighted by Crippen LogP contribution is -2.15. The molecular weight excluding hydrogens is 447 g/mol. The van der Waals surface area contributed by atoms with Crippen LogP contribution in [0, 0.1) is 0 Å². The number of hydrogen-bond acceptors (Lipinski definition) is 2. The molecule has 0 aliphatic carbocycles. The fourth-order valence-electron chi connectivity index (χ4n) is 2.77. The average molecular weight is 462 g/mol. The summed E-state index contributed by atoms with van der Waals surface area (Å²) in [4.78, 5) is 25.2. The van der Waals surface area contributed by atoms with E-state index in [4.69, 9.17) is 0 Å². The summed E-state index contributed by atoms with van der Waals surface area (Å²) in [6.45, 7) is 0. The van der Waals surface area contributed by atoms with Gasteiger partial charge in [0.15, 0.2) is 5.78 Å². The largest absolute Gasteiger partial charge is 0.416 e. The third kappa shape index (κ3) is 5.32. The lowest BCUT2D eigenvalue weighted by Gasteiger charge is -2.12. The Balaban J connectivity index is 1.80.